The highest BCUT2D eigenvalue weighted by Crippen LogP contribution is 2.28. The molecule has 2 aromatic rings. The fourth-order valence-corrected chi connectivity index (χ4v) is 3.36. The topological polar surface area (TPSA) is 76.2 Å². The molecule has 1 unspecified atom stereocenters. The first-order valence-electron chi connectivity index (χ1n) is 8.47. The molecule has 6 nitrogen and oxygen atoms in total. The van der Waals surface area contributed by atoms with Crippen LogP contribution in [-0.2, 0) is 11.3 Å². The third-order valence-corrected chi connectivity index (χ3v) is 5.13. The van der Waals surface area contributed by atoms with E-state index in [1.54, 1.807) is 16.9 Å². The van der Waals surface area contributed by atoms with Crippen LogP contribution in [0.3, 0.4) is 0 Å². The fourth-order valence-electron chi connectivity index (χ4n) is 3.17. The molecule has 1 saturated heterocycles. The first kappa shape index (κ1) is 17.9. The number of halogens is 1. The van der Waals surface area contributed by atoms with Crippen LogP contribution >= 0.6 is 11.6 Å². The highest BCUT2D eigenvalue weighted by molar-refractivity contribution is 6.31. The van der Waals surface area contributed by atoms with E-state index in [4.69, 9.17) is 17.3 Å². The molecule has 1 aliphatic heterocycles. The van der Waals surface area contributed by atoms with Gasteiger partial charge >= 0.3 is 0 Å². The Morgan fingerprint density at radius 2 is 2.20 bits per heavy atom. The first-order chi connectivity index (χ1) is 12.0. The van der Waals surface area contributed by atoms with Gasteiger partial charge in [-0.05, 0) is 36.6 Å². The maximum absolute atomic E-state index is 12.4. The Hall–Kier alpha value is -1.89. The van der Waals surface area contributed by atoms with Gasteiger partial charge in [0.15, 0.2) is 0 Å². The van der Waals surface area contributed by atoms with Crippen molar-refractivity contribution in [3.8, 4) is 0 Å². The Labute approximate surface area is 152 Å². The number of hydrogen-bond donors (Lipinski definition) is 2. The van der Waals surface area contributed by atoms with Crippen LogP contribution in [0.2, 0.25) is 5.02 Å². The number of carbonyl (C=O) groups excluding carboxylic acids is 1. The molecule has 0 spiro atoms. The van der Waals surface area contributed by atoms with Gasteiger partial charge in [-0.15, -0.1) is 0 Å². The van der Waals surface area contributed by atoms with E-state index >= 15 is 0 Å². The highest BCUT2D eigenvalue weighted by atomic mass is 35.5. The average molecular weight is 362 g/mol. The maximum Gasteiger partial charge on any atom is 0.239 e. The van der Waals surface area contributed by atoms with Crippen molar-refractivity contribution in [2.24, 2.45) is 11.1 Å². The number of likely N-dealkylation sites (tertiary alicyclic amines) is 1. The standard InChI is InChI=1S/C18H24ClN5O/c1-18(12-20)7-9-23(13-18)11-17(25)22-16-6-8-21-24(16)10-14-4-2-3-5-15(14)19/h2-6,8H,7,9-13,20H2,1H3,(H,22,25). The van der Waals surface area contributed by atoms with Gasteiger partial charge in [-0.25, -0.2) is 4.68 Å². The van der Waals surface area contributed by atoms with Crippen LogP contribution in [0.5, 0.6) is 0 Å². The zero-order chi connectivity index (χ0) is 17.9. The summed E-state index contributed by atoms with van der Waals surface area (Å²) in [5.41, 5.74) is 6.90. The van der Waals surface area contributed by atoms with Crippen molar-refractivity contribution in [1.29, 1.82) is 0 Å². The van der Waals surface area contributed by atoms with Gasteiger partial charge in [-0.2, -0.15) is 5.10 Å². The van der Waals surface area contributed by atoms with E-state index in [1.807, 2.05) is 24.3 Å². The molecule has 1 aromatic heterocycles. The summed E-state index contributed by atoms with van der Waals surface area (Å²) in [7, 11) is 0. The number of benzene rings is 1. The Bertz CT molecular complexity index is 747. The number of rotatable bonds is 6. The van der Waals surface area contributed by atoms with E-state index in [-0.39, 0.29) is 11.3 Å². The molecule has 134 valence electrons. The number of aromatic nitrogens is 2. The Morgan fingerprint density at radius 3 is 2.92 bits per heavy atom. The quantitative estimate of drug-likeness (QED) is 0.827. The largest absolute Gasteiger partial charge is 0.330 e. The van der Waals surface area contributed by atoms with E-state index < -0.39 is 0 Å². The van der Waals surface area contributed by atoms with E-state index in [9.17, 15) is 4.79 Å². The van der Waals surface area contributed by atoms with Crippen molar-refractivity contribution >= 4 is 23.3 Å². The molecule has 0 bridgehead atoms. The number of nitrogens with zero attached hydrogens (tertiary/aromatic N) is 3. The lowest BCUT2D eigenvalue weighted by Gasteiger charge is -2.22. The zero-order valence-corrected chi connectivity index (χ0v) is 15.2. The third kappa shape index (κ3) is 4.39. The summed E-state index contributed by atoms with van der Waals surface area (Å²) in [5.74, 6) is 0.632. The molecule has 1 aliphatic rings. The number of carbonyl (C=O) groups is 1. The minimum Gasteiger partial charge on any atom is -0.330 e. The van der Waals surface area contributed by atoms with Crippen LogP contribution < -0.4 is 11.1 Å². The minimum atomic E-state index is -0.0396. The summed E-state index contributed by atoms with van der Waals surface area (Å²) < 4.78 is 1.74. The molecular formula is C18H24ClN5O. The zero-order valence-electron chi connectivity index (χ0n) is 14.4. The molecule has 1 amide bonds. The SMILES string of the molecule is CC1(CN)CCN(CC(=O)Nc2ccnn2Cc2ccccc2Cl)C1. The minimum absolute atomic E-state index is 0.0396. The van der Waals surface area contributed by atoms with E-state index in [0.29, 0.717) is 30.5 Å². The number of nitrogens with two attached hydrogens (primary N) is 1. The third-order valence-electron chi connectivity index (χ3n) is 4.76. The molecular weight excluding hydrogens is 338 g/mol. The molecule has 0 radical (unpaired) electrons. The summed E-state index contributed by atoms with van der Waals surface area (Å²) in [5, 5.41) is 7.92. The van der Waals surface area contributed by atoms with Gasteiger partial charge in [0.25, 0.3) is 0 Å². The molecule has 2 heterocycles. The molecule has 1 fully saturated rings. The van der Waals surface area contributed by atoms with Crippen molar-refractivity contribution in [2.45, 2.75) is 19.9 Å². The predicted octanol–water partition coefficient (Wildman–Crippen LogP) is 2.19. The number of nitrogens with one attached hydrogen (secondary N) is 1. The van der Waals surface area contributed by atoms with Crippen molar-refractivity contribution in [3.63, 3.8) is 0 Å². The summed E-state index contributed by atoms with van der Waals surface area (Å²) in [4.78, 5) is 14.5. The normalized spacial score (nSPS) is 20.8. The van der Waals surface area contributed by atoms with Crippen LogP contribution in [0.1, 0.15) is 18.9 Å². The van der Waals surface area contributed by atoms with Crippen LogP contribution in [0.15, 0.2) is 36.5 Å². The first-order valence-corrected chi connectivity index (χ1v) is 8.84. The van der Waals surface area contributed by atoms with Gasteiger partial charge in [0, 0.05) is 17.6 Å². The number of anilines is 1. The summed E-state index contributed by atoms with van der Waals surface area (Å²) >= 11 is 6.21. The second kappa shape index (κ2) is 7.56. The van der Waals surface area contributed by atoms with Crippen LogP contribution in [0.25, 0.3) is 0 Å². The molecule has 0 aliphatic carbocycles. The Balaban J connectivity index is 1.60. The maximum atomic E-state index is 12.4. The van der Waals surface area contributed by atoms with Crippen molar-refractivity contribution in [2.75, 3.05) is 31.5 Å². The summed E-state index contributed by atoms with van der Waals surface area (Å²) in [6.07, 6.45) is 2.70. The fraction of sp³-hybridized carbons (Fsp3) is 0.444. The summed E-state index contributed by atoms with van der Waals surface area (Å²) in [6, 6.07) is 9.42. The molecule has 3 rings (SSSR count). The lowest BCUT2D eigenvalue weighted by atomic mass is 9.90. The van der Waals surface area contributed by atoms with Gasteiger partial charge < -0.3 is 11.1 Å². The lowest BCUT2D eigenvalue weighted by molar-refractivity contribution is -0.117. The van der Waals surface area contributed by atoms with Crippen molar-refractivity contribution in [1.82, 2.24) is 14.7 Å². The van der Waals surface area contributed by atoms with Crippen molar-refractivity contribution in [3.05, 3.63) is 47.1 Å². The smallest absolute Gasteiger partial charge is 0.239 e. The van der Waals surface area contributed by atoms with Gasteiger partial charge in [0.1, 0.15) is 5.82 Å². The molecule has 1 atom stereocenters. The number of amides is 1. The summed E-state index contributed by atoms with van der Waals surface area (Å²) in [6.45, 7) is 5.46. The second-order valence-electron chi connectivity index (χ2n) is 6.99. The highest BCUT2D eigenvalue weighted by Gasteiger charge is 2.33. The van der Waals surface area contributed by atoms with Gasteiger partial charge in [0.05, 0.1) is 19.3 Å². The van der Waals surface area contributed by atoms with Gasteiger partial charge in [0.2, 0.25) is 5.91 Å². The lowest BCUT2D eigenvalue weighted by Crippen LogP contribution is -2.35. The second-order valence-corrected chi connectivity index (χ2v) is 7.40. The van der Waals surface area contributed by atoms with Crippen LogP contribution in [0.4, 0.5) is 5.82 Å². The molecule has 1 aromatic carbocycles. The molecule has 7 heteroatoms. The Morgan fingerprint density at radius 1 is 1.40 bits per heavy atom. The van der Waals surface area contributed by atoms with Crippen molar-refractivity contribution < 1.29 is 4.79 Å². The molecule has 0 saturated carbocycles. The molecule has 3 N–H and O–H groups in total. The Kier molecular flexibility index (Phi) is 5.42. The monoisotopic (exact) mass is 361 g/mol. The van der Waals surface area contributed by atoms with E-state index in [1.165, 1.54) is 0 Å². The van der Waals surface area contributed by atoms with Gasteiger partial charge in [-0.1, -0.05) is 36.7 Å². The van der Waals surface area contributed by atoms with E-state index in [0.717, 1.165) is 25.1 Å². The molecule has 25 heavy (non-hydrogen) atoms. The number of hydrogen-bond acceptors (Lipinski definition) is 4. The van der Waals surface area contributed by atoms with Crippen LogP contribution in [0, 0.1) is 5.41 Å². The predicted molar refractivity (Wildman–Crippen MR) is 99.6 cm³/mol. The average Bonchev–Trinajstić information content (AvgIpc) is 3.17. The van der Waals surface area contributed by atoms with E-state index in [2.05, 4.69) is 22.2 Å². The van der Waals surface area contributed by atoms with Crippen LogP contribution in [-0.4, -0.2) is 46.8 Å². The van der Waals surface area contributed by atoms with Gasteiger partial charge in [-0.3, -0.25) is 9.69 Å².